The van der Waals surface area contributed by atoms with Crippen molar-refractivity contribution in [1.82, 2.24) is 31.1 Å². The molecule has 1 aromatic carbocycles. The van der Waals surface area contributed by atoms with Crippen molar-refractivity contribution in [2.24, 2.45) is 35.3 Å². The highest BCUT2D eigenvalue weighted by Crippen LogP contribution is 2.27. The number of phenols is 1. The number of nitrogens with zero attached hydrogens (tertiary/aromatic N) is 2. The first-order valence-electron chi connectivity index (χ1n) is 22.7. The Morgan fingerprint density at radius 1 is 0.892 bits per heavy atom. The van der Waals surface area contributed by atoms with Crippen molar-refractivity contribution in [3.05, 3.63) is 29.8 Å². The Morgan fingerprint density at radius 3 is 2.08 bits per heavy atom. The van der Waals surface area contributed by atoms with E-state index in [9.17, 15) is 53.4 Å². The number of fused-ring (bicyclic) bond motifs is 2. The van der Waals surface area contributed by atoms with E-state index in [2.05, 4.69) is 21.3 Å². The van der Waals surface area contributed by atoms with Crippen LogP contribution < -0.4 is 27.0 Å². The molecule has 2 aliphatic rings. The minimum atomic E-state index is -1.70. The van der Waals surface area contributed by atoms with Crippen molar-refractivity contribution < 1.29 is 58.1 Å². The Bertz CT molecular complexity index is 1890. The third kappa shape index (κ3) is 14.7. The fraction of sp³-hybridized carbons (Fsp3) is 0.674. The first kappa shape index (κ1) is 53.7. The lowest BCUT2D eigenvalue weighted by Crippen LogP contribution is -2.66. The number of likely N-dealkylation sites (N-methyl/N-ethyl adjacent to an activating group) is 1. The monoisotopic (exact) mass is 914 g/mol. The number of cyclic esters (lactones) is 1. The number of nitrogens with one attached hydrogen (secondary N) is 4. The summed E-state index contributed by atoms with van der Waals surface area (Å²) in [6, 6.07) is -2.35. The van der Waals surface area contributed by atoms with Crippen molar-refractivity contribution in [2.45, 2.75) is 162 Å². The third-order valence-corrected chi connectivity index (χ3v) is 12.2. The van der Waals surface area contributed by atoms with Gasteiger partial charge in [0.2, 0.25) is 41.4 Å². The number of hydrogen-bond acceptors (Lipinski definition) is 12. The molecule has 65 heavy (non-hydrogen) atoms. The number of piperidine rings is 1. The second kappa shape index (κ2) is 24.1. The lowest BCUT2D eigenvalue weighted by molar-refractivity contribution is -0.167. The maximum atomic E-state index is 14.7. The molecule has 19 heteroatoms. The van der Waals surface area contributed by atoms with Crippen LogP contribution in [0.3, 0.4) is 0 Å². The van der Waals surface area contributed by atoms with E-state index in [1.807, 2.05) is 0 Å². The van der Waals surface area contributed by atoms with Gasteiger partial charge in [-0.25, -0.2) is 4.79 Å². The SMILES string of the molecule is CCC(C)[C@@H]1NC(=O)[C@H](Cc2ccc(O)cc2)N(C)C(=O)[C@H](C(C)C)N2C(=O)C(CC[C@@H]2O)NC(=O)[C@H](CC(C)C)NC(=O)[C@H](NC(=O)[C@H](CCC(N)=O)CC(=O)C(C)C)[C@@H](C)OC1=O. The molecule has 2 bridgehead atoms. The molecule has 362 valence electrons. The van der Waals surface area contributed by atoms with E-state index in [0.717, 1.165) is 9.80 Å². The van der Waals surface area contributed by atoms with E-state index < -0.39 is 120 Å². The van der Waals surface area contributed by atoms with Crippen LogP contribution in [0, 0.1) is 29.6 Å². The van der Waals surface area contributed by atoms with Crippen LogP contribution in [0.25, 0.3) is 0 Å². The number of primary amides is 1. The van der Waals surface area contributed by atoms with Gasteiger partial charge < -0.3 is 51.8 Å². The zero-order chi connectivity index (χ0) is 49.0. The van der Waals surface area contributed by atoms with Crippen LogP contribution in [0.4, 0.5) is 0 Å². The van der Waals surface area contributed by atoms with Crippen LogP contribution in [0.1, 0.15) is 113 Å². The predicted octanol–water partition coefficient (Wildman–Crippen LogP) is 1.20. The first-order valence-corrected chi connectivity index (χ1v) is 22.7. The maximum Gasteiger partial charge on any atom is 0.329 e. The summed E-state index contributed by atoms with van der Waals surface area (Å²) in [5.74, 6) is -9.87. The number of amides is 7. The van der Waals surface area contributed by atoms with Gasteiger partial charge >= 0.3 is 5.97 Å². The predicted molar refractivity (Wildman–Crippen MR) is 238 cm³/mol. The summed E-state index contributed by atoms with van der Waals surface area (Å²) in [5.41, 5.74) is 5.92. The molecule has 3 rings (SSSR count). The van der Waals surface area contributed by atoms with E-state index in [1.165, 1.54) is 26.1 Å². The quantitative estimate of drug-likeness (QED) is 0.122. The molecule has 8 N–H and O–H groups in total. The van der Waals surface area contributed by atoms with Gasteiger partial charge in [0.25, 0.3) is 0 Å². The molecule has 1 aromatic rings. The Labute approximate surface area is 381 Å². The van der Waals surface area contributed by atoms with Gasteiger partial charge in [-0.15, -0.1) is 0 Å². The summed E-state index contributed by atoms with van der Waals surface area (Å²) < 4.78 is 5.91. The highest BCUT2D eigenvalue weighted by molar-refractivity contribution is 5.98. The molecular weight excluding hydrogens is 843 g/mol. The number of ether oxygens (including phenoxy) is 1. The van der Waals surface area contributed by atoms with Gasteiger partial charge in [-0.05, 0) is 68.1 Å². The Kier molecular flexibility index (Phi) is 19.9. The number of carbonyl (C=O) groups excluding carboxylic acids is 9. The second-order valence-corrected chi connectivity index (χ2v) is 18.6. The van der Waals surface area contributed by atoms with Crippen LogP contribution in [0.5, 0.6) is 5.75 Å². The summed E-state index contributed by atoms with van der Waals surface area (Å²) in [5, 5.41) is 32.1. The lowest BCUT2D eigenvalue weighted by atomic mass is 9.91. The molecule has 2 heterocycles. The molecule has 0 aliphatic carbocycles. The van der Waals surface area contributed by atoms with Crippen molar-refractivity contribution in [1.29, 1.82) is 0 Å². The summed E-state index contributed by atoms with van der Waals surface area (Å²) in [6.45, 7) is 15.0. The fourth-order valence-corrected chi connectivity index (χ4v) is 7.98. The molecule has 19 nitrogen and oxygen atoms in total. The number of nitrogens with two attached hydrogens (primary N) is 1. The summed E-state index contributed by atoms with van der Waals surface area (Å²) in [7, 11) is 1.37. The lowest BCUT2D eigenvalue weighted by Gasteiger charge is -2.44. The molecule has 0 radical (unpaired) electrons. The Hall–Kier alpha value is -5.59. The van der Waals surface area contributed by atoms with Crippen LogP contribution in [0.2, 0.25) is 0 Å². The zero-order valence-corrected chi connectivity index (χ0v) is 39.4. The van der Waals surface area contributed by atoms with Crippen molar-refractivity contribution in [3.63, 3.8) is 0 Å². The number of aliphatic hydroxyl groups is 1. The number of benzene rings is 1. The van der Waals surface area contributed by atoms with Gasteiger partial charge in [0.05, 0.1) is 0 Å². The van der Waals surface area contributed by atoms with Gasteiger partial charge in [-0.1, -0.05) is 73.9 Å². The summed E-state index contributed by atoms with van der Waals surface area (Å²) >= 11 is 0. The van der Waals surface area contributed by atoms with Crippen LogP contribution in [-0.4, -0.2) is 129 Å². The second-order valence-electron chi connectivity index (χ2n) is 18.6. The number of aliphatic hydroxyl groups excluding tert-OH is 1. The average Bonchev–Trinajstić information content (AvgIpc) is 3.23. The number of carbonyl (C=O) groups is 9. The van der Waals surface area contributed by atoms with E-state index in [4.69, 9.17) is 10.5 Å². The Balaban J connectivity index is 2.25. The number of aromatic hydroxyl groups is 1. The number of hydrogen-bond donors (Lipinski definition) is 7. The van der Waals surface area contributed by atoms with Gasteiger partial charge in [0.15, 0.2) is 0 Å². The van der Waals surface area contributed by atoms with Crippen LogP contribution >= 0.6 is 0 Å². The molecular formula is C46H71N7O12. The smallest absolute Gasteiger partial charge is 0.329 e. The van der Waals surface area contributed by atoms with E-state index in [-0.39, 0.29) is 62.4 Å². The number of phenolic OH excluding ortho intramolecular Hbond substituents is 1. The molecule has 0 spiro atoms. The van der Waals surface area contributed by atoms with E-state index in [1.54, 1.807) is 67.5 Å². The van der Waals surface area contributed by atoms with Crippen molar-refractivity contribution in [2.75, 3.05) is 7.05 Å². The van der Waals surface area contributed by atoms with Crippen molar-refractivity contribution in [3.8, 4) is 5.75 Å². The normalized spacial score (nSPS) is 26.3. The molecule has 2 saturated heterocycles. The van der Waals surface area contributed by atoms with Crippen LogP contribution in [0.15, 0.2) is 24.3 Å². The van der Waals surface area contributed by atoms with Crippen molar-refractivity contribution >= 4 is 53.1 Å². The van der Waals surface area contributed by atoms with Gasteiger partial charge in [0, 0.05) is 38.1 Å². The van der Waals surface area contributed by atoms with E-state index in [0.29, 0.717) is 12.0 Å². The first-order chi connectivity index (χ1) is 30.4. The molecule has 2 unspecified atom stereocenters. The standard InChI is InChI=1S/C46H71N7O12/c1-11-26(8)37-46(64)65-27(9)38(51-40(58)29(14-18-35(47)56)22-34(55)24(4)5)43(61)49-32(20-23(2)3)41(59)48-31-17-19-36(57)53(44(31)62)39(25(6)7)45(63)52(10)33(42(60)50-37)21-28-12-15-30(54)16-13-28/h12-13,15-16,23-27,29,31-33,36-39,54,57H,11,14,17-22H2,1-10H3,(H2,47,56)(H,48,59)(H,49,61)(H,50,60)(H,51,58)/t26?,27-,29-,31?,32+,33+,36+,37+,38-,39+/m1/s1. The van der Waals surface area contributed by atoms with Gasteiger partial charge in [-0.3, -0.25) is 38.4 Å². The van der Waals surface area contributed by atoms with E-state index >= 15 is 0 Å². The molecule has 0 aromatic heterocycles. The summed E-state index contributed by atoms with van der Waals surface area (Å²) in [6.07, 6.45) is -3.37. The van der Waals surface area contributed by atoms with Crippen LogP contribution in [-0.2, 0) is 54.3 Å². The highest BCUT2D eigenvalue weighted by atomic mass is 16.5. The molecule has 7 amide bonds. The Morgan fingerprint density at radius 2 is 1.52 bits per heavy atom. The molecule has 2 aliphatic heterocycles. The number of rotatable bonds is 15. The minimum Gasteiger partial charge on any atom is -0.508 e. The average molecular weight is 914 g/mol. The molecule has 0 saturated carbocycles. The number of Topliss-reactive ketones (excluding diaryl/α,β-unsaturated/α-hetero) is 1. The topological polar surface area (TPSA) is 284 Å². The largest absolute Gasteiger partial charge is 0.508 e. The maximum absolute atomic E-state index is 14.7. The fourth-order valence-electron chi connectivity index (χ4n) is 7.98. The van der Waals surface area contributed by atoms with Gasteiger partial charge in [-0.2, -0.15) is 0 Å². The number of esters is 1. The minimum absolute atomic E-state index is 0.0181. The molecule has 2 fully saturated rings. The van der Waals surface area contributed by atoms with Gasteiger partial charge in [0.1, 0.15) is 60.1 Å². The molecule has 10 atom stereocenters. The zero-order valence-electron chi connectivity index (χ0n) is 39.4. The summed E-state index contributed by atoms with van der Waals surface area (Å²) in [4.78, 5) is 127. The number of ketones is 1. The third-order valence-electron chi connectivity index (χ3n) is 12.2. The highest BCUT2D eigenvalue weighted by Gasteiger charge is 2.47.